The second kappa shape index (κ2) is 3.84. The summed E-state index contributed by atoms with van der Waals surface area (Å²) >= 11 is 5.90. The van der Waals surface area contributed by atoms with Crippen molar-refractivity contribution in [3.05, 3.63) is 41.0 Å². The first kappa shape index (κ1) is 9.28. The molecule has 0 bridgehead atoms. The average molecular weight is 207 g/mol. The van der Waals surface area contributed by atoms with Crippen molar-refractivity contribution in [3.63, 3.8) is 0 Å². The summed E-state index contributed by atoms with van der Waals surface area (Å²) in [4.78, 5) is 0. The lowest BCUT2D eigenvalue weighted by atomic mass is 10.1. The minimum Gasteiger partial charge on any atom is -0.282 e. The molecule has 0 aliphatic rings. The molecule has 0 spiro atoms. The van der Waals surface area contributed by atoms with Crippen molar-refractivity contribution >= 4 is 11.6 Å². The van der Waals surface area contributed by atoms with Crippen molar-refractivity contribution in [3.8, 4) is 11.3 Å². The first-order valence-electron chi connectivity index (χ1n) is 4.60. The van der Waals surface area contributed by atoms with Crippen LogP contribution in [0.3, 0.4) is 0 Å². The Morgan fingerprint density at radius 2 is 2.21 bits per heavy atom. The SMILES string of the molecule is CCc1cc(-c2cccc(Cl)c2)n[nH]1. The number of aryl methyl sites for hydroxylation is 1. The molecular weight excluding hydrogens is 196 g/mol. The quantitative estimate of drug-likeness (QED) is 0.803. The molecule has 0 amide bonds. The van der Waals surface area contributed by atoms with Crippen LogP contribution in [0.15, 0.2) is 30.3 Å². The molecule has 0 aliphatic carbocycles. The lowest BCUT2D eigenvalue weighted by Crippen LogP contribution is -1.77. The van der Waals surface area contributed by atoms with E-state index < -0.39 is 0 Å². The molecule has 1 heterocycles. The Balaban J connectivity index is 2.39. The molecule has 0 fully saturated rings. The van der Waals surface area contributed by atoms with E-state index in [2.05, 4.69) is 17.1 Å². The average Bonchev–Trinajstić information content (AvgIpc) is 2.66. The standard InChI is InChI=1S/C11H11ClN2/c1-2-10-7-11(14-13-10)8-4-3-5-9(12)6-8/h3-7H,2H2,1H3,(H,13,14). The summed E-state index contributed by atoms with van der Waals surface area (Å²) in [5, 5.41) is 7.93. The van der Waals surface area contributed by atoms with Gasteiger partial charge in [0, 0.05) is 16.3 Å². The summed E-state index contributed by atoms with van der Waals surface area (Å²) in [5.74, 6) is 0. The lowest BCUT2D eigenvalue weighted by Gasteiger charge is -1.95. The van der Waals surface area contributed by atoms with Gasteiger partial charge in [0.1, 0.15) is 0 Å². The molecule has 0 unspecified atom stereocenters. The number of H-pyrrole nitrogens is 1. The van der Waals surface area contributed by atoms with Crippen molar-refractivity contribution in [1.82, 2.24) is 10.2 Å². The maximum absolute atomic E-state index is 5.90. The Bertz CT molecular complexity index is 434. The number of hydrogen-bond acceptors (Lipinski definition) is 1. The van der Waals surface area contributed by atoms with Crippen LogP contribution in [0.4, 0.5) is 0 Å². The van der Waals surface area contributed by atoms with Crippen LogP contribution < -0.4 is 0 Å². The Morgan fingerprint density at radius 1 is 1.36 bits per heavy atom. The number of aromatic nitrogens is 2. The van der Waals surface area contributed by atoms with Crippen LogP contribution >= 0.6 is 11.6 Å². The maximum Gasteiger partial charge on any atom is 0.0924 e. The van der Waals surface area contributed by atoms with Crippen molar-refractivity contribution in [1.29, 1.82) is 0 Å². The second-order valence-electron chi connectivity index (χ2n) is 3.14. The fourth-order valence-corrected chi connectivity index (χ4v) is 1.53. The summed E-state index contributed by atoms with van der Waals surface area (Å²) in [5.41, 5.74) is 3.14. The normalized spacial score (nSPS) is 10.4. The topological polar surface area (TPSA) is 28.7 Å². The molecule has 2 nitrogen and oxygen atoms in total. The van der Waals surface area contributed by atoms with Crippen LogP contribution in [0, 0.1) is 0 Å². The summed E-state index contributed by atoms with van der Waals surface area (Å²) in [6.45, 7) is 2.09. The third kappa shape index (κ3) is 1.80. The highest BCUT2D eigenvalue weighted by molar-refractivity contribution is 6.30. The van der Waals surface area contributed by atoms with Gasteiger partial charge in [0.05, 0.1) is 5.69 Å². The second-order valence-corrected chi connectivity index (χ2v) is 3.58. The zero-order chi connectivity index (χ0) is 9.97. The predicted molar refractivity (Wildman–Crippen MR) is 58.4 cm³/mol. The van der Waals surface area contributed by atoms with E-state index in [9.17, 15) is 0 Å². The molecule has 0 aliphatic heterocycles. The Labute approximate surface area is 87.9 Å². The number of halogens is 1. The van der Waals surface area contributed by atoms with Crippen molar-refractivity contribution in [2.24, 2.45) is 0 Å². The zero-order valence-electron chi connectivity index (χ0n) is 7.92. The van der Waals surface area contributed by atoms with Gasteiger partial charge in [-0.15, -0.1) is 0 Å². The van der Waals surface area contributed by atoms with Crippen molar-refractivity contribution in [2.45, 2.75) is 13.3 Å². The summed E-state index contributed by atoms with van der Waals surface area (Å²) in [6.07, 6.45) is 0.966. The van der Waals surface area contributed by atoms with Gasteiger partial charge in [-0.1, -0.05) is 30.7 Å². The Kier molecular flexibility index (Phi) is 2.55. The molecule has 3 heteroatoms. The highest BCUT2D eigenvalue weighted by atomic mass is 35.5. The number of hydrogen-bond donors (Lipinski definition) is 1. The first-order chi connectivity index (χ1) is 6.79. The number of nitrogens with zero attached hydrogens (tertiary/aromatic N) is 1. The fourth-order valence-electron chi connectivity index (χ4n) is 1.34. The van der Waals surface area contributed by atoms with Crippen LogP contribution in [-0.2, 0) is 6.42 Å². The Hall–Kier alpha value is -1.28. The van der Waals surface area contributed by atoms with Gasteiger partial charge in [-0.25, -0.2) is 0 Å². The third-order valence-electron chi connectivity index (χ3n) is 2.13. The number of nitrogens with one attached hydrogen (secondary N) is 1. The molecule has 0 saturated carbocycles. The van der Waals surface area contributed by atoms with Gasteiger partial charge in [0.25, 0.3) is 0 Å². The number of aromatic amines is 1. The molecule has 2 rings (SSSR count). The van der Waals surface area contributed by atoms with Gasteiger partial charge < -0.3 is 0 Å². The molecule has 2 aromatic rings. The highest BCUT2D eigenvalue weighted by Crippen LogP contribution is 2.21. The smallest absolute Gasteiger partial charge is 0.0924 e. The van der Waals surface area contributed by atoms with Gasteiger partial charge in [-0.2, -0.15) is 5.10 Å². The monoisotopic (exact) mass is 206 g/mol. The minimum atomic E-state index is 0.739. The van der Waals surface area contributed by atoms with Crippen LogP contribution in [0.5, 0.6) is 0 Å². The first-order valence-corrected chi connectivity index (χ1v) is 4.97. The summed E-state index contributed by atoms with van der Waals surface area (Å²) < 4.78 is 0. The maximum atomic E-state index is 5.90. The molecule has 72 valence electrons. The van der Waals surface area contributed by atoms with Gasteiger partial charge >= 0.3 is 0 Å². The van der Waals surface area contributed by atoms with Gasteiger partial charge in [-0.05, 0) is 24.6 Å². The zero-order valence-corrected chi connectivity index (χ0v) is 8.67. The molecule has 1 N–H and O–H groups in total. The van der Waals surface area contributed by atoms with E-state index in [1.807, 2.05) is 30.3 Å². The van der Waals surface area contributed by atoms with Gasteiger partial charge in [-0.3, -0.25) is 5.10 Å². The van der Waals surface area contributed by atoms with Crippen LogP contribution in [0.25, 0.3) is 11.3 Å². The molecule has 0 atom stereocenters. The highest BCUT2D eigenvalue weighted by Gasteiger charge is 2.02. The van der Waals surface area contributed by atoms with Gasteiger partial charge in [0.2, 0.25) is 0 Å². The molecule has 1 aromatic carbocycles. The number of rotatable bonds is 2. The fraction of sp³-hybridized carbons (Fsp3) is 0.182. The predicted octanol–water partition coefficient (Wildman–Crippen LogP) is 3.29. The van der Waals surface area contributed by atoms with E-state index in [0.29, 0.717) is 0 Å². The van der Waals surface area contributed by atoms with E-state index in [1.165, 1.54) is 0 Å². The van der Waals surface area contributed by atoms with E-state index in [4.69, 9.17) is 11.6 Å². The van der Waals surface area contributed by atoms with Gasteiger partial charge in [0.15, 0.2) is 0 Å². The lowest BCUT2D eigenvalue weighted by molar-refractivity contribution is 0.976. The summed E-state index contributed by atoms with van der Waals surface area (Å²) in [7, 11) is 0. The molecule has 1 aromatic heterocycles. The Morgan fingerprint density at radius 3 is 2.86 bits per heavy atom. The van der Waals surface area contributed by atoms with E-state index >= 15 is 0 Å². The molecule has 14 heavy (non-hydrogen) atoms. The van der Waals surface area contributed by atoms with Crippen molar-refractivity contribution < 1.29 is 0 Å². The number of benzene rings is 1. The van der Waals surface area contributed by atoms with E-state index in [-0.39, 0.29) is 0 Å². The van der Waals surface area contributed by atoms with E-state index in [1.54, 1.807) is 0 Å². The van der Waals surface area contributed by atoms with E-state index in [0.717, 1.165) is 28.4 Å². The molecule has 0 saturated heterocycles. The van der Waals surface area contributed by atoms with Crippen LogP contribution in [0.1, 0.15) is 12.6 Å². The summed E-state index contributed by atoms with van der Waals surface area (Å²) in [6, 6.07) is 9.75. The van der Waals surface area contributed by atoms with Crippen molar-refractivity contribution in [2.75, 3.05) is 0 Å². The third-order valence-corrected chi connectivity index (χ3v) is 2.37. The molecular formula is C11H11ClN2. The largest absolute Gasteiger partial charge is 0.282 e. The minimum absolute atomic E-state index is 0.739. The van der Waals surface area contributed by atoms with Crippen LogP contribution in [-0.4, -0.2) is 10.2 Å². The van der Waals surface area contributed by atoms with Crippen LogP contribution in [0.2, 0.25) is 5.02 Å². The molecule has 0 radical (unpaired) electrons.